The third kappa shape index (κ3) is 3.86. The lowest BCUT2D eigenvalue weighted by Gasteiger charge is -2.19. The normalized spacial score (nSPS) is 21.9. The maximum atomic E-state index is 12.4. The van der Waals surface area contributed by atoms with E-state index in [0.29, 0.717) is 18.3 Å². The first kappa shape index (κ1) is 15.1. The van der Waals surface area contributed by atoms with Crippen molar-refractivity contribution in [1.29, 1.82) is 0 Å². The van der Waals surface area contributed by atoms with Crippen molar-refractivity contribution in [2.75, 3.05) is 26.7 Å². The number of rotatable bonds is 4. The summed E-state index contributed by atoms with van der Waals surface area (Å²) in [5.74, 6) is 0.800. The molecule has 2 unspecified atom stereocenters. The van der Waals surface area contributed by atoms with Gasteiger partial charge in [-0.3, -0.25) is 0 Å². The van der Waals surface area contributed by atoms with Crippen LogP contribution in [0.5, 0.6) is 5.75 Å². The Labute approximate surface area is 116 Å². The summed E-state index contributed by atoms with van der Waals surface area (Å²) in [6, 6.07) is 4.60. The minimum atomic E-state index is -4.32. The Kier molecular flexibility index (Phi) is 4.55. The van der Waals surface area contributed by atoms with E-state index < -0.39 is 11.7 Å². The van der Waals surface area contributed by atoms with E-state index in [2.05, 4.69) is 4.90 Å². The molecule has 1 fully saturated rings. The number of nitrogens with two attached hydrogens (primary N) is 1. The zero-order valence-corrected chi connectivity index (χ0v) is 11.4. The van der Waals surface area contributed by atoms with E-state index >= 15 is 0 Å². The fourth-order valence-electron chi connectivity index (χ4n) is 2.39. The zero-order valence-electron chi connectivity index (χ0n) is 11.4. The molecule has 1 aliphatic heterocycles. The second-order valence-corrected chi connectivity index (χ2v) is 5.31. The fourth-order valence-corrected chi connectivity index (χ4v) is 2.39. The van der Waals surface area contributed by atoms with Crippen molar-refractivity contribution in [2.24, 2.45) is 11.7 Å². The van der Waals surface area contributed by atoms with Crippen LogP contribution in [0, 0.1) is 5.92 Å². The van der Waals surface area contributed by atoms with Crippen LogP contribution in [-0.4, -0.2) is 37.7 Å². The third-order valence-electron chi connectivity index (χ3n) is 3.66. The molecule has 0 aliphatic carbocycles. The van der Waals surface area contributed by atoms with Crippen molar-refractivity contribution in [3.8, 4) is 5.75 Å². The molecule has 3 nitrogen and oxygen atoms in total. The van der Waals surface area contributed by atoms with Crippen LogP contribution in [0.2, 0.25) is 0 Å². The van der Waals surface area contributed by atoms with Crippen molar-refractivity contribution in [1.82, 2.24) is 4.90 Å². The van der Waals surface area contributed by atoms with Crippen molar-refractivity contribution >= 4 is 0 Å². The van der Waals surface area contributed by atoms with E-state index in [1.165, 1.54) is 12.1 Å². The van der Waals surface area contributed by atoms with Crippen LogP contribution in [0.25, 0.3) is 0 Å². The Morgan fingerprint density at radius 3 is 2.50 bits per heavy atom. The van der Waals surface area contributed by atoms with Crippen LogP contribution < -0.4 is 10.5 Å². The number of halogens is 3. The monoisotopic (exact) mass is 288 g/mol. The first-order chi connectivity index (χ1) is 9.36. The molecular weight excluding hydrogens is 269 g/mol. The molecule has 0 radical (unpaired) electrons. The average molecular weight is 288 g/mol. The highest BCUT2D eigenvalue weighted by molar-refractivity contribution is 5.28. The Balaban J connectivity index is 1.85. The number of benzene rings is 1. The number of nitrogens with zero attached hydrogens (tertiary/aromatic N) is 1. The fraction of sp³-hybridized carbons (Fsp3) is 0.571. The van der Waals surface area contributed by atoms with E-state index in [1.54, 1.807) is 0 Å². The van der Waals surface area contributed by atoms with Crippen LogP contribution in [-0.2, 0) is 6.18 Å². The van der Waals surface area contributed by atoms with Gasteiger partial charge >= 0.3 is 6.18 Å². The van der Waals surface area contributed by atoms with Gasteiger partial charge in [-0.1, -0.05) is 0 Å². The third-order valence-corrected chi connectivity index (χ3v) is 3.66. The molecule has 0 aromatic heterocycles. The maximum Gasteiger partial charge on any atom is 0.416 e. The van der Waals surface area contributed by atoms with Crippen molar-refractivity contribution < 1.29 is 17.9 Å². The lowest BCUT2D eigenvalue weighted by Crippen LogP contribution is -2.37. The molecule has 1 saturated heterocycles. The minimum Gasteiger partial charge on any atom is -0.492 e. The van der Waals surface area contributed by atoms with Gasteiger partial charge in [-0.25, -0.2) is 0 Å². The van der Waals surface area contributed by atoms with Crippen LogP contribution in [0.1, 0.15) is 12.0 Å². The standard InChI is InChI=1S/C14H19F3N2O/c1-19-7-6-10(8-19)13(18)9-20-12-4-2-11(3-5-12)14(15,16)17/h2-5,10,13H,6-9,18H2,1H3. The first-order valence-electron chi connectivity index (χ1n) is 6.60. The Hall–Kier alpha value is -1.27. The lowest BCUT2D eigenvalue weighted by atomic mass is 10.0. The van der Waals surface area contributed by atoms with Gasteiger partial charge in [0.05, 0.1) is 5.56 Å². The molecule has 0 bridgehead atoms. The number of hydrogen-bond donors (Lipinski definition) is 1. The van der Waals surface area contributed by atoms with Gasteiger partial charge in [0.1, 0.15) is 12.4 Å². The summed E-state index contributed by atoms with van der Waals surface area (Å²) in [5, 5.41) is 0. The predicted octanol–water partition coefficient (Wildman–Crippen LogP) is 2.36. The second kappa shape index (κ2) is 6.01. The van der Waals surface area contributed by atoms with E-state index in [4.69, 9.17) is 10.5 Å². The molecule has 112 valence electrons. The quantitative estimate of drug-likeness (QED) is 0.924. The SMILES string of the molecule is CN1CCC(C(N)COc2ccc(C(F)(F)F)cc2)C1. The molecule has 1 heterocycles. The molecule has 2 N–H and O–H groups in total. The highest BCUT2D eigenvalue weighted by Gasteiger charge is 2.30. The largest absolute Gasteiger partial charge is 0.492 e. The summed E-state index contributed by atoms with van der Waals surface area (Å²) in [5.41, 5.74) is 5.38. The average Bonchev–Trinajstić information content (AvgIpc) is 2.82. The van der Waals surface area contributed by atoms with Gasteiger partial charge in [-0.15, -0.1) is 0 Å². The minimum absolute atomic E-state index is 0.0951. The summed E-state index contributed by atoms with van der Waals surface area (Å²) < 4.78 is 42.7. The van der Waals surface area contributed by atoms with Gasteiger partial charge in [0, 0.05) is 12.6 Å². The number of ether oxygens (including phenoxy) is 1. The van der Waals surface area contributed by atoms with E-state index in [9.17, 15) is 13.2 Å². The zero-order chi connectivity index (χ0) is 14.8. The van der Waals surface area contributed by atoms with Crippen LogP contribution in [0.4, 0.5) is 13.2 Å². The van der Waals surface area contributed by atoms with Crippen molar-refractivity contribution in [2.45, 2.75) is 18.6 Å². The topological polar surface area (TPSA) is 38.5 Å². The Morgan fingerprint density at radius 1 is 1.35 bits per heavy atom. The molecule has 1 aliphatic rings. The van der Waals surface area contributed by atoms with Gasteiger partial charge in [0.2, 0.25) is 0 Å². The molecule has 1 aromatic carbocycles. The maximum absolute atomic E-state index is 12.4. The summed E-state index contributed by atoms with van der Waals surface area (Å²) in [6.45, 7) is 2.29. The number of hydrogen-bond acceptors (Lipinski definition) is 3. The molecule has 0 saturated carbocycles. The number of alkyl halides is 3. The lowest BCUT2D eigenvalue weighted by molar-refractivity contribution is -0.137. The van der Waals surface area contributed by atoms with Gasteiger partial charge < -0.3 is 15.4 Å². The summed E-state index contributed by atoms with van der Waals surface area (Å²) >= 11 is 0. The highest BCUT2D eigenvalue weighted by Crippen LogP contribution is 2.30. The van der Waals surface area contributed by atoms with E-state index in [1.807, 2.05) is 7.05 Å². The van der Waals surface area contributed by atoms with E-state index in [0.717, 1.165) is 31.6 Å². The van der Waals surface area contributed by atoms with Gasteiger partial charge in [-0.05, 0) is 50.2 Å². The molecule has 0 spiro atoms. The molecule has 2 rings (SSSR count). The summed E-state index contributed by atoms with van der Waals surface area (Å²) in [7, 11) is 2.05. The first-order valence-corrected chi connectivity index (χ1v) is 6.60. The highest BCUT2D eigenvalue weighted by atomic mass is 19.4. The van der Waals surface area contributed by atoms with E-state index in [-0.39, 0.29) is 6.04 Å². The summed E-state index contributed by atoms with van der Waals surface area (Å²) in [6.07, 6.45) is -3.28. The smallest absolute Gasteiger partial charge is 0.416 e. The Morgan fingerprint density at radius 2 is 2.00 bits per heavy atom. The van der Waals surface area contributed by atoms with Gasteiger partial charge in [-0.2, -0.15) is 13.2 Å². The summed E-state index contributed by atoms with van der Waals surface area (Å²) in [4.78, 5) is 2.21. The van der Waals surface area contributed by atoms with Crippen molar-refractivity contribution in [3.05, 3.63) is 29.8 Å². The molecule has 20 heavy (non-hydrogen) atoms. The van der Waals surface area contributed by atoms with Crippen LogP contribution in [0.3, 0.4) is 0 Å². The van der Waals surface area contributed by atoms with Crippen molar-refractivity contribution in [3.63, 3.8) is 0 Å². The Bertz CT molecular complexity index is 433. The van der Waals surface area contributed by atoms with Gasteiger partial charge in [0.25, 0.3) is 0 Å². The molecule has 1 aromatic rings. The molecule has 2 atom stereocenters. The molecule has 0 amide bonds. The number of likely N-dealkylation sites (tertiary alicyclic amines) is 1. The molecular formula is C14H19F3N2O. The van der Waals surface area contributed by atoms with Gasteiger partial charge in [0.15, 0.2) is 0 Å². The van der Waals surface area contributed by atoms with Crippen LogP contribution >= 0.6 is 0 Å². The molecule has 6 heteroatoms. The van der Waals surface area contributed by atoms with Crippen LogP contribution in [0.15, 0.2) is 24.3 Å². The second-order valence-electron chi connectivity index (χ2n) is 5.31. The predicted molar refractivity (Wildman–Crippen MR) is 70.5 cm³/mol.